The van der Waals surface area contributed by atoms with Gasteiger partial charge in [0.1, 0.15) is 11.5 Å². The minimum Gasteiger partial charge on any atom is -0.343 e. The third-order valence-corrected chi connectivity index (χ3v) is 4.24. The van der Waals surface area contributed by atoms with Crippen LogP contribution in [-0.4, -0.2) is 69.4 Å². The second kappa shape index (κ2) is 7.09. The molecular weight excluding hydrogens is 304 g/mol. The molecule has 1 aliphatic rings. The van der Waals surface area contributed by atoms with Gasteiger partial charge in [-0.1, -0.05) is 0 Å². The normalized spacial score (nSPS) is 18.2. The fourth-order valence-corrected chi connectivity index (χ4v) is 3.14. The number of aromatic amines is 1. The van der Waals surface area contributed by atoms with Crippen LogP contribution in [0.25, 0.3) is 11.5 Å². The highest BCUT2D eigenvalue weighted by Crippen LogP contribution is 2.27. The molecule has 2 aromatic rings. The summed E-state index contributed by atoms with van der Waals surface area (Å²) in [6, 6.07) is 2.00. The third kappa shape index (κ3) is 3.79. The number of likely N-dealkylation sites (N-methyl/N-ethyl adjacent to an activating group) is 1. The smallest absolute Gasteiger partial charge is 0.236 e. The van der Waals surface area contributed by atoms with Crippen LogP contribution >= 0.6 is 0 Å². The number of carbonyl (C=O) groups excluding carboxylic acids is 1. The first-order valence-electron chi connectivity index (χ1n) is 8.31. The highest BCUT2D eigenvalue weighted by molar-refractivity contribution is 5.78. The zero-order valence-electron chi connectivity index (χ0n) is 14.5. The maximum Gasteiger partial charge on any atom is 0.236 e. The number of amides is 1. The lowest BCUT2D eigenvalue weighted by Gasteiger charge is -2.33. The van der Waals surface area contributed by atoms with Crippen molar-refractivity contribution in [2.75, 3.05) is 33.7 Å². The van der Waals surface area contributed by atoms with Crippen molar-refractivity contribution in [3.05, 3.63) is 30.0 Å². The third-order valence-electron chi connectivity index (χ3n) is 4.24. The monoisotopic (exact) mass is 328 g/mol. The molecule has 7 heteroatoms. The first-order chi connectivity index (χ1) is 11.5. The Balaban J connectivity index is 1.79. The average Bonchev–Trinajstić information content (AvgIpc) is 3.08. The van der Waals surface area contributed by atoms with E-state index in [9.17, 15) is 4.79 Å². The minimum absolute atomic E-state index is 0.182. The molecule has 1 saturated heterocycles. The van der Waals surface area contributed by atoms with Crippen molar-refractivity contribution < 1.29 is 4.79 Å². The Hall–Kier alpha value is -2.28. The maximum absolute atomic E-state index is 12.3. The summed E-state index contributed by atoms with van der Waals surface area (Å²) in [6.45, 7) is 3.90. The van der Waals surface area contributed by atoms with Gasteiger partial charge in [0.15, 0.2) is 5.82 Å². The molecule has 1 amide bonds. The van der Waals surface area contributed by atoms with Crippen LogP contribution in [0.5, 0.6) is 0 Å². The number of nitrogens with one attached hydrogen (secondary N) is 1. The van der Waals surface area contributed by atoms with Crippen LogP contribution in [0.1, 0.15) is 30.3 Å². The van der Waals surface area contributed by atoms with E-state index in [4.69, 9.17) is 0 Å². The van der Waals surface area contributed by atoms with E-state index >= 15 is 0 Å². The average molecular weight is 328 g/mol. The molecular formula is C17H24N6O. The van der Waals surface area contributed by atoms with Crippen molar-refractivity contribution in [1.29, 1.82) is 0 Å². The predicted molar refractivity (Wildman–Crippen MR) is 91.5 cm³/mol. The van der Waals surface area contributed by atoms with E-state index in [-0.39, 0.29) is 11.8 Å². The second-order valence-electron chi connectivity index (χ2n) is 6.58. The summed E-state index contributed by atoms with van der Waals surface area (Å²) >= 11 is 0. The van der Waals surface area contributed by atoms with Crippen molar-refractivity contribution in [3.63, 3.8) is 0 Å². The topological polar surface area (TPSA) is 78.0 Å². The summed E-state index contributed by atoms with van der Waals surface area (Å²) in [6.07, 6.45) is 5.55. The predicted octanol–water partition coefficient (Wildman–Crippen LogP) is 1.44. The van der Waals surface area contributed by atoms with Gasteiger partial charge in [-0.3, -0.25) is 4.79 Å². The molecule has 0 saturated carbocycles. The number of imidazole rings is 1. The Morgan fingerprint density at radius 3 is 2.96 bits per heavy atom. The molecule has 0 radical (unpaired) electrons. The number of carbonyl (C=O) groups is 1. The number of aryl methyl sites for hydroxylation is 1. The summed E-state index contributed by atoms with van der Waals surface area (Å²) in [7, 11) is 3.84. The molecule has 1 atom stereocenters. The molecule has 3 rings (SSSR count). The molecule has 0 aromatic carbocycles. The first-order valence-corrected chi connectivity index (χ1v) is 8.31. The first kappa shape index (κ1) is 16.6. The number of hydrogen-bond donors (Lipinski definition) is 1. The quantitative estimate of drug-likeness (QED) is 0.919. The summed E-state index contributed by atoms with van der Waals surface area (Å²) in [5, 5.41) is 0. The zero-order chi connectivity index (χ0) is 17.1. The van der Waals surface area contributed by atoms with Crippen LogP contribution in [0.2, 0.25) is 0 Å². The molecule has 0 unspecified atom stereocenters. The van der Waals surface area contributed by atoms with Crippen molar-refractivity contribution in [3.8, 4) is 11.5 Å². The highest BCUT2D eigenvalue weighted by Gasteiger charge is 2.26. The van der Waals surface area contributed by atoms with Crippen LogP contribution in [0.15, 0.2) is 18.5 Å². The van der Waals surface area contributed by atoms with E-state index in [1.54, 1.807) is 12.4 Å². The van der Waals surface area contributed by atoms with Crippen LogP contribution < -0.4 is 0 Å². The molecule has 1 N–H and O–H groups in total. The van der Waals surface area contributed by atoms with Gasteiger partial charge in [-0.25, -0.2) is 15.0 Å². The number of likely N-dealkylation sites (tertiary alicyclic amines) is 1. The Morgan fingerprint density at radius 2 is 2.25 bits per heavy atom. The fourth-order valence-electron chi connectivity index (χ4n) is 3.14. The summed E-state index contributed by atoms with van der Waals surface area (Å²) in [4.78, 5) is 32.7. The highest BCUT2D eigenvalue weighted by atomic mass is 16.2. The van der Waals surface area contributed by atoms with Gasteiger partial charge in [0, 0.05) is 37.1 Å². The van der Waals surface area contributed by atoms with Gasteiger partial charge < -0.3 is 14.8 Å². The summed E-state index contributed by atoms with van der Waals surface area (Å²) < 4.78 is 0. The van der Waals surface area contributed by atoms with Crippen LogP contribution in [0.4, 0.5) is 0 Å². The van der Waals surface area contributed by atoms with Crippen LogP contribution in [-0.2, 0) is 4.79 Å². The van der Waals surface area contributed by atoms with Gasteiger partial charge in [0.25, 0.3) is 0 Å². The second-order valence-corrected chi connectivity index (χ2v) is 6.58. The van der Waals surface area contributed by atoms with E-state index in [1.165, 1.54) is 0 Å². The molecule has 24 heavy (non-hydrogen) atoms. The Morgan fingerprint density at radius 1 is 1.42 bits per heavy atom. The van der Waals surface area contributed by atoms with Crippen LogP contribution in [0.3, 0.4) is 0 Å². The minimum atomic E-state index is 0.182. The van der Waals surface area contributed by atoms with Crippen molar-refractivity contribution in [1.82, 2.24) is 29.7 Å². The van der Waals surface area contributed by atoms with E-state index in [1.807, 2.05) is 36.9 Å². The number of aromatic nitrogens is 4. The van der Waals surface area contributed by atoms with Gasteiger partial charge in [-0.05, 0) is 39.9 Å². The fraction of sp³-hybridized carbons (Fsp3) is 0.529. The van der Waals surface area contributed by atoms with E-state index in [0.29, 0.717) is 6.54 Å². The van der Waals surface area contributed by atoms with Gasteiger partial charge in [-0.2, -0.15) is 0 Å². The molecule has 128 valence electrons. The van der Waals surface area contributed by atoms with Crippen molar-refractivity contribution in [2.45, 2.75) is 25.7 Å². The lowest BCUT2D eigenvalue weighted by Crippen LogP contribution is -2.43. The summed E-state index contributed by atoms with van der Waals surface area (Å²) in [5.74, 6) is 1.91. The lowest BCUT2D eigenvalue weighted by molar-refractivity contribution is -0.133. The Labute approximate surface area is 142 Å². The number of nitrogens with zero attached hydrogens (tertiary/aromatic N) is 5. The number of H-pyrrole nitrogens is 1. The number of piperidine rings is 1. The van der Waals surface area contributed by atoms with E-state index < -0.39 is 0 Å². The Bertz CT molecular complexity index is 697. The van der Waals surface area contributed by atoms with Gasteiger partial charge in [-0.15, -0.1) is 0 Å². The molecule has 0 aliphatic carbocycles. The maximum atomic E-state index is 12.3. The molecule has 0 bridgehead atoms. The molecule has 3 heterocycles. The zero-order valence-corrected chi connectivity index (χ0v) is 14.5. The van der Waals surface area contributed by atoms with Gasteiger partial charge in [0.2, 0.25) is 5.91 Å². The summed E-state index contributed by atoms with van der Waals surface area (Å²) in [5.41, 5.74) is 1.80. The number of rotatable bonds is 4. The van der Waals surface area contributed by atoms with Crippen molar-refractivity contribution in [2.24, 2.45) is 0 Å². The molecule has 0 spiro atoms. The SMILES string of the molecule is Cc1nc(-c2ncc[nH]2)cc([C@H]2CCCN(C(=O)CN(C)C)C2)n1. The standard InChI is InChI=1S/C17H24N6O/c1-12-20-14(9-15(21-12)17-18-6-7-19-17)13-5-4-8-23(10-13)16(24)11-22(2)3/h6-7,9,13H,4-5,8,10-11H2,1-3H3,(H,18,19)/t13-/m0/s1. The molecule has 2 aromatic heterocycles. The molecule has 1 fully saturated rings. The lowest BCUT2D eigenvalue weighted by atomic mass is 9.94. The van der Waals surface area contributed by atoms with E-state index in [2.05, 4.69) is 19.9 Å². The molecule has 1 aliphatic heterocycles. The van der Waals surface area contributed by atoms with Crippen LogP contribution in [0, 0.1) is 6.92 Å². The van der Waals surface area contributed by atoms with Gasteiger partial charge >= 0.3 is 0 Å². The Kier molecular flexibility index (Phi) is 4.89. The van der Waals surface area contributed by atoms with Gasteiger partial charge in [0.05, 0.1) is 6.54 Å². The van der Waals surface area contributed by atoms with Crippen molar-refractivity contribution >= 4 is 5.91 Å². The largest absolute Gasteiger partial charge is 0.343 e. The number of hydrogen-bond acceptors (Lipinski definition) is 5. The van der Waals surface area contributed by atoms with E-state index in [0.717, 1.165) is 49.0 Å². The molecule has 7 nitrogen and oxygen atoms in total.